The highest BCUT2D eigenvalue weighted by Crippen LogP contribution is 2.31. The second-order valence-corrected chi connectivity index (χ2v) is 9.88. The topological polar surface area (TPSA) is 125 Å². The Morgan fingerprint density at radius 3 is 2.37 bits per heavy atom. The van der Waals surface area contributed by atoms with E-state index < -0.39 is 11.9 Å². The van der Waals surface area contributed by atoms with Gasteiger partial charge in [-0.3, -0.25) is 4.57 Å². The quantitative estimate of drug-likeness (QED) is 0.399. The van der Waals surface area contributed by atoms with Crippen LogP contribution in [-0.4, -0.2) is 68.9 Å². The van der Waals surface area contributed by atoms with Crippen LogP contribution in [0.1, 0.15) is 36.8 Å². The molecule has 9 nitrogen and oxygen atoms in total. The van der Waals surface area contributed by atoms with Gasteiger partial charge in [0.15, 0.2) is 0 Å². The fourth-order valence-corrected chi connectivity index (χ4v) is 5.23. The molecule has 1 aromatic heterocycles. The number of carboxylic acids is 2. The van der Waals surface area contributed by atoms with E-state index in [-0.39, 0.29) is 23.7 Å². The Kier molecular flexibility index (Phi) is 8.98. The van der Waals surface area contributed by atoms with Crippen molar-refractivity contribution in [1.29, 1.82) is 0 Å². The van der Waals surface area contributed by atoms with Gasteiger partial charge >= 0.3 is 17.6 Å². The lowest BCUT2D eigenvalue weighted by Crippen LogP contribution is -2.40. The van der Waals surface area contributed by atoms with E-state index in [1.54, 1.807) is 6.07 Å². The first-order chi connectivity index (χ1) is 18.2. The van der Waals surface area contributed by atoms with Crippen LogP contribution in [0.15, 0.2) is 59.4 Å². The first-order valence-corrected chi connectivity index (χ1v) is 12.7. The van der Waals surface area contributed by atoms with Crippen LogP contribution < -0.4 is 5.69 Å². The van der Waals surface area contributed by atoms with Crippen LogP contribution in [-0.2, 0) is 14.3 Å². The van der Waals surface area contributed by atoms with Crippen molar-refractivity contribution in [2.75, 3.05) is 26.2 Å². The van der Waals surface area contributed by atoms with Crippen LogP contribution in [0.3, 0.4) is 0 Å². The van der Waals surface area contributed by atoms with Crippen LogP contribution in [0.25, 0.3) is 11.0 Å². The molecule has 3 aromatic rings. The lowest BCUT2D eigenvalue weighted by Gasteiger charge is -2.33. The van der Waals surface area contributed by atoms with Crippen molar-refractivity contribution in [3.05, 3.63) is 81.5 Å². The van der Waals surface area contributed by atoms with E-state index in [9.17, 15) is 18.8 Å². The molecule has 5 rings (SSSR count). The van der Waals surface area contributed by atoms with Crippen LogP contribution in [0.4, 0.5) is 4.39 Å². The number of halogens is 2. The molecule has 0 aliphatic carbocycles. The van der Waals surface area contributed by atoms with Gasteiger partial charge in [-0.25, -0.2) is 18.8 Å². The molecule has 0 bridgehead atoms. The standard InChI is InChI=1S/C23H25ClFN3O2.C4H4O4/c24-17-3-6-22-21(12-17)26-23(29)28(22)19-7-9-27(10-8-19)13-20-11-16(14-30-20)15-1-4-18(25)5-2-15;5-3(6)1-2-4(7)8/h1-6,12,16,19-20H,7-11,13-14H2,(H,26,29);1-2H,(H,5,6)(H,7,8). The number of piperidine rings is 1. The fourth-order valence-electron chi connectivity index (χ4n) is 5.06. The molecule has 2 aliphatic heterocycles. The van der Waals surface area contributed by atoms with Crippen molar-refractivity contribution in [2.45, 2.75) is 37.3 Å². The molecule has 2 aromatic carbocycles. The third-order valence-corrected chi connectivity index (χ3v) is 7.09. The predicted molar refractivity (Wildman–Crippen MR) is 140 cm³/mol. The number of fused-ring (bicyclic) bond motifs is 1. The molecule has 2 fully saturated rings. The number of carboxylic acid groups (broad SMARTS) is 2. The van der Waals surface area contributed by atoms with E-state index in [4.69, 9.17) is 26.6 Å². The second-order valence-electron chi connectivity index (χ2n) is 9.44. The first-order valence-electron chi connectivity index (χ1n) is 12.3. The highest BCUT2D eigenvalue weighted by atomic mass is 35.5. The summed E-state index contributed by atoms with van der Waals surface area (Å²) in [6, 6.07) is 12.5. The monoisotopic (exact) mass is 545 g/mol. The number of imidazole rings is 1. The Labute approximate surface area is 223 Å². The van der Waals surface area contributed by atoms with Gasteiger partial charge in [0.25, 0.3) is 0 Å². The second kappa shape index (κ2) is 12.4. The minimum absolute atomic E-state index is 0.0630. The third-order valence-electron chi connectivity index (χ3n) is 6.85. The molecule has 2 atom stereocenters. The van der Waals surface area contributed by atoms with Crippen molar-refractivity contribution >= 4 is 34.6 Å². The third kappa shape index (κ3) is 7.09. The molecule has 2 saturated heterocycles. The summed E-state index contributed by atoms with van der Waals surface area (Å²) in [5.74, 6) is -2.38. The molecule has 202 valence electrons. The Hall–Kier alpha value is -3.47. The van der Waals surface area contributed by atoms with E-state index in [2.05, 4.69) is 9.88 Å². The van der Waals surface area contributed by atoms with Crippen LogP contribution in [0, 0.1) is 5.82 Å². The Bertz CT molecular complexity index is 1350. The van der Waals surface area contributed by atoms with Crippen LogP contribution in [0.5, 0.6) is 0 Å². The number of ether oxygens (including phenoxy) is 1. The number of nitrogens with zero attached hydrogens (tertiary/aromatic N) is 2. The van der Waals surface area contributed by atoms with E-state index in [1.807, 2.05) is 28.8 Å². The van der Waals surface area contributed by atoms with E-state index in [0.29, 0.717) is 29.7 Å². The maximum Gasteiger partial charge on any atom is 0.328 e. The van der Waals surface area contributed by atoms with Gasteiger partial charge in [0, 0.05) is 48.8 Å². The number of rotatable bonds is 6. The largest absolute Gasteiger partial charge is 0.478 e. The summed E-state index contributed by atoms with van der Waals surface area (Å²) in [5.41, 5.74) is 2.80. The number of aromatic nitrogens is 2. The zero-order valence-electron chi connectivity index (χ0n) is 20.6. The highest BCUT2D eigenvalue weighted by molar-refractivity contribution is 6.31. The minimum atomic E-state index is -1.26. The molecule has 0 radical (unpaired) electrons. The lowest BCUT2D eigenvalue weighted by molar-refractivity contribution is -0.134. The smallest absolute Gasteiger partial charge is 0.328 e. The van der Waals surface area contributed by atoms with Crippen molar-refractivity contribution in [2.24, 2.45) is 0 Å². The fraction of sp³-hybridized carbons (Fsp3) is 0.370. The summed E-state index contributed by atoms with van der Waals surface area (Å²) in [7, 11) is 0. The van der Waals surface area contributed by atoms with Gasteiger partial charge in [0.05, 0.1) is 23.7 Å². The zero-order chi connectivity index (χ0) is 27.2. The van der Waals surface area contributed by atoms with Crippen molar-refractivity contribution < 1.29 is 28.9 Å². The number of benzene rings is 2. The molecule has 38 heavy (non-hydrogen) atoms. The van der Waals surface area contributed by atoms with Gasteiger partial charge < -0.3 is 24.8 Å². The minimum Gasteiger partial charge on any atom is -0.478 e. The average Bonchev–Trinajstić information content (AvgIpc) is 3.47. The Morgan fingerprint density at radius 2 is 1.74 bits per heavy atom. The normalized spacial score (nSPS) is 20.5. The van der Waals surface area contributed by atoms with Gasteiger partial charge in [0.1, 0.15) is 5.82 Å². The number of aliphatic carboxylic acids is 2. The maximum atomic E-state index is 13.2. The van der Waals surface area contributed by atoms with E-state index in [0.717, 1.165) is 55.5 Å². The molecule has 3 N–H and O–H groups in total. The summed E-state index contributed by atoms with van der Waals surface area (Å²) in [5, 5.41) is 16.3. The van der Waals surface area contributed by atoms with Gasteiger partial charge in [-0.1, -0.05) is 23.7 Å². The lowest BCUT2D eigenvalue weighted by atomic mass is 9.96. The molecule has 3 heterocycles. The maximum absolute atomic E-state index is 13.2. The number of nitrogens with one attached hydrogen (secondary N) is 1. The molecule has 0 spiro atoms. The molecule has 2 aliphatic rings. The van der Waals surface area contributed by atoms with E-state index >= 15 is 0 Å². The van der Waals surface area contributed by atoms with Crippen molar-refractivity contribution in [3.63, 3.8) is 0 Å². The predicted octanol–water partition coefficient (Wildman–Crippen LogP) is 4.04. The van der Waals surface area contributed by atoms with Crippen molar-refractivity contribution in [3.8, 4) is 0 Å². The Balaban J connectivity index is 0.000000368. The van der Waals surface area contributed by atoms with Gasteiger partial charge in [-0.15, -0.1) is 0 Å². The molecule has 0 amide bonds. The first kappa shape index (κ1) is 27.6. The Morgan fingerprint density at radius 1 is 1.08 bits per heavy atom. The summed E-state index contributed by atoms with van der Waals surface area (Å²) in [6.45, 7) is 3.49. The SMILES string of the molecule is O=C(O)C=CC(=O)O.O=c1[nH]c2cc(Cl)ccc2n1C1CCN(CC2CC(c3ccc(F)cc3)CO2)CC1. The number of carbonyl (C=O) groups is 2. The van der Waals surface area contributed by atoms with Gasteiger partial charge in [0.2, 0.25) is 0 Å². The number of hydrogen-bond acceptors (Lipinski definition) is 5. The summed E-state index contributed by atoms with van der Waals surface area (Å²) in [6.07, 6.45) is 4.15. The number of likely N-dealkylation sites (tertiary alicyclic amines) is 1. The molecule has 11 heteroatoms. The molecule has 2 unspecified atom stereocenters. The number of aromatic amines is 1. The van der Waals surface area contributed by atoms with Gasteiger partial charge in [-0.05, 0) is 55.2 Å². The van der Waals surface area contributed by atoms with E-state index in [1.165, 1.54) is 12.1 Å². The zero-order valence-corrected chi connectivity index (χ0v) is 21.3. The molecular weight excluding hydrogens is 517 g/mol. The van der Waals surface area contributed by atoms with Crippen molar-refractivity contribution in [1.82, 2.24) is 14.5 Å². The molecular formula is C27H29ClFN3O6. The summed E-state index contributed by atoms with van der Waals surface area (Å²) in [4.78, 5) is 37.0. The number of H-pyrrole nitrogens is 1. The average molecular weight is 546 g/mol. The highest BCUT2D eigenvalue weighted by Gasteiger charge is 2.30. The van der Waals surface area contributed by atoms with Crippen LogP contribution >= 0.6 is 11.6 Å². The summed E-state index contributed by atoms with van der Waals surface area (Å²) < 4.78 is 21.1. The summed E-state index contributed by atoms with van der Waals surface area (Å²) >= 11 is 6.06. The van der Waals surface area contributed by atoms with Crippen LogP contribution in [0.2, 0.25) is 5.02 Å². The molecule has 0 saturated carbocycles. The van der Waals surface area contributed by atoms with Gasteiger partial charge in [-0.2, -0.15) is 0 Å². The number of hydrogen-bond donors (Lipinski definition) is 3.